The first kappa shape index (κ1) is 17.8. The van der Waals surface area contributed by atoms with Crippen molar-refractivity contribution in [2.45, 2.75) is 18.9 Å². The minimum absolute atomic E-state index is 0.103. The number of hydrogen-bond donors (Lipinski definition) is 2. The Morgan fingerprint density at radius 1 is 1.32 bits per heavy atom. The Morgan fingerprint density at radius 3 is 2.80 bits per heavy atom. The Balaban J connectivity index is 1.65. The number of thiophene rings is 1. The standard InChI is InChI=1S/C18H19ClN2O3S/c19-13-4-1-2-5-15(13)21-8-7-12(11-21)18(24)20-14(10-17(22)23)16-6-3-9-25-16/h1-6,9,12,14H,7-8,10-11H2,(H,20,24)(H,22,23). The SMILES string of the molecule is O=C(O)CC(NC(=O)C1CCN(c2ccccc2Cl)C1)c1cccs1. The van der Waals surface area contributed by atoms with E-state index in [0.29, 0.717) is 11.6 Å². The summed E-state index contributed by atoms with van der Waals surface area (Å²) in [4.78, 5) is 26.7. The van der Waals surface area contributed by atoms with Crippen LogP contribution in [0.2, 0.25) is 5.02 Å². The summed E-state index contributed by atoms with van der Waals surface area (Å²) in [5.74, 6) is -1.20. The van der Waals surface area contributed by atoms with Crippen molar-refractivity contribution in [1.29, 1.82) is 0 Å². The first-order valence-electron chi connectivity index (χ1n) is 8.09. The predicted molar refractivity (Wildman–Crippen MR) is 99.2 cm³/mol. The molecule has 0 radical (unpaired) electrons. The highest BCUT2D eigenvalue weighted by Gasteiger charge is 2.31. The molecule has 2 heterocycles. The summed E-state index contributed by atoms with van der Waals surface area (Å²) in [7, 11) is 0. The van der Waals surface area contributed by atoms with E-state index in [0.717, 1.165) is 23.5 Å². The summed E-state index contributed by atoms with van der Waals surface area (Å²) in [6, 6.07) is 10.8. The minimum Gasteiger partial charge on any atom is -0.481 e. The van der Waals surface area contributed by atoms with E-state index in [4.69, 9.17) is 16.7 Å². The van der Waals surface area contributed by atoms with Crippen LogP contribution in [0, 0.1) is 5.92 Å². The van der Waals surface area contributed by atoms with Crippen LogP contribution in [-0.2, 0) is 9.59 Å². The van der Waals surface area contributed by atoms with Gasteiger partial charge in [0.05, 0.1) is 29.1 Å². The molecule has 132 valence electrons. The van der Waals surface area contributed by atoms with Crippen molar-refractivity contribution in [2.75, 3.05) is 18.0 Å². The molecule has 2 N–H and O–H groups in total. The van der Waals surface area contributed by atoms with Crippen LogP contribution in [0.4, 0.5) is 5.69 Å². The molecule has 1 aliphatic rings. The maximum atomic E-state index is 12.6. The molecule has 1 aliphatic heterocycles. The molecule has 0 spiro atoms. The highest BCUT2D eigenvalue weighted by atomic mass is 35.5. The second kappa shape index (κ2) is 7.89. The number of benzene rings is 1. The zero-order chi connectivity index (χ0) is 17.8. The molecule has 2 aromatic rings. The van der Waals surface area contributed by atoms with Gasteiger partial charge in [-0.1, -0.05) is 29.8 Å². The van der Waals surface area contributed by atoms with Crippen LogP contribution in [0.5, 0.6) is 0 Å². The molecule has 2 atom stereocenters. The first-order chi connectivity index (χ1) is 12.0. The number of carboxylic acids is 1. The topological polar surface area (TPSA) is 69.6 Å². The molecule has 7 heteroatoms. The summed E-state index contributed by atoms with van der Waals surface area (Å²) in [6.45, 7) is 1.34. The van der Waals surface area contributed by atoms with E-state index in [-0.39, 0.29) is 18.2 Å². The lowest BCUT2D eigenvalue weighted by atomic mass is 10.1. The van der Waals surface area contributed by atoms with Gasteiger partial charge in [-0.05, 0) is 30.0 Å². The number of carboxylic acid groups (broad SMARTS) is 1. The summed E-state index contributed by atoms with van der Waals surface area (Å²) in [5, 5.41) is 14.6. The fraction of sp³-hybridized carbons (Fsp3) is 0.333. The minimum atomic E-state index is -0.928. The van der Waals surface area contributed by atoms with E-state index in [2.05, 4.69) is 10.2 Å². The largest absolute Gasteiger partial charge is 0.481 e. The smallest absolute Gasteiger partial charge is 0.305 e. The number of aliphatic carboxylic acids is 1. The monoisotopic (exact) mass is 378 g/mol. The van der Waals surface area contributed by atoms with Gasteiger partial charge in [0, 0.05) is 18.0 Å². The van der Waals surface area contributed by atoms with Gasteiger partial charge < -0.3 is 15.3 Å². The molecule has 25 heavy (non-hydrogen) atoms. The number of amides is 1. The number of rotatable bonds is 6. The first-order valence-corrected chi connectivity index (χ1v) is 9.35. The van der Waals surface area contributed by atoms with Gasteiger partial charge in [-0.15, -0.1) is 11.3 Å². The summed E-state index contributed by atoms with van der Waals surface area (Å²) < 4.78 is 0. The van der Waals surface area contributed by atoms with E-state index < -0.39 is 12.0 Å². The zero-order valence-electron chi connectivity index (χ0n) is 13.5. The zero-order valence-corrected chi connectivity index (χ0v) is 15.1. The van der Waals surface area contributed by atoms with Gasteiger partial charge in [-0.3, -0.25) is 9.59 Å². The normalized spacial score (nSPS) is 18.1. The molecule has 3 rings (SSSR count). The molecule has 2 unspecified atom stereocenters. The number of nitrogens with one attached hydrogen (secondary N) is 1. The number of anilines is 1. The lowest BCUT2D eigenvalue weighted by Gasteiger charge is -2.21. The van der Waals surface area contributed by atoms with Crippen molar-refractivity contribution < 1.29 is 14.7 Å². The fourth-order valence-electron chi connectivity index (χ4n) is 3.08. The van der Waals surface area contributed by atoms with Crippen molar-refractivity contribution in [2.24, 2.45) is 5.92 Å². The van der Waals surface area contributed by atoms with Crippen LogP contribution in [-0.4, -0.2) is 30.1 Å². The number of hydrogen-bond acceptors (Lipinski definition) is 4. The van der Waals surface area contributed by atoms with Crippen LogP contribution >= 0.6 is 22.9 Å². The Hall–Kier alpha value is -2.05. The molecular weight excluding hydrogens is 360 g/mol. The Kier molecular flexibility index (Phi) is 5.60. The third kappa shape index (κ3) is 4.32. The number of carbonyl (C=O) groups excluding carboxylic acids is 1. The highest BCUT2D eigenvalue weighted by molar-refractivity contribution is 7.10. The quantitative estimate of drug-likeness (QED) is 0.806. The molecule has 0 aliphatic carbocycles. The van der Waals surface area contributed by atoms with Gasteiger partial charge in [0.25, 0.3) is 0 Å². The maximum absolute atomic E-state index is 12.6. The van der Waals surface area contributed by atoms with Gasteiger partial charge >= 0.3 is 5.97 Å². The number of nitrogens with zero attached hydrogens (tertiary/aromatic N) is 1. The van der Waals surface area contributed by atoms with Crippen LogP contribution < -0.4 is 10.2 Å². The fourth-order valence-corrected chi connectivity index (χ4v) is 4.11. The van der Waals surface area contributed by atoms with E-state index in [9.17, 15) is 9.59 Å². The highest BCUT2D eigenvalue weighted by Crippen LogP contribution is 2.31. The van der Waals surface area contributed by atoms with Gasteiger partial charge in [0.15, 0.2) is 0 Å². The third-order valence-corrected chi connectivity index (χ3v) is 5.64. The van der Waals surface area contributed by atoms with Gasteiger partial charge in [-0.2, -0.15) is 0 Å². The summed E-state index contributed by atoms with van der Waals surface area (Å²) in [6.07, 6.45) is 0.606. The molecule has 1 fully saturated rings. The van der Waals surface area contributed by atoms with Crippen molar-refractivity contribution in [3.8, 4) is 0 Å². The average molecular weight is 379 g/mol. The molecule has 1 aromatic carbocycles. The van der Waals surface area contributed by atoms with Crippen molar-refractivity contribution in [1.82, 2.24) is 5.32 Å². The van der Waals surface area contributed by atoms with Crippen LogP contribution in [0.15, 0.2) is 41.8 Å². The second-order valence-electron chi connectivity index (χ2n) is 6.06. The van der Waals surface area contributed by atoms with Gasteiger partial charge in [-0.25, -0.2) is 0 Å². The number of para-hydroxylation sites is 1. The lowest BCUT2D eigenvalue weighted by molar-refractivity contribution is -0.137. The van der Waals surface area contributed by atoms with E-state index >= 15 is 0 Å². The van der Waals surface area contributed by atoms with Crippen LogP contribution in [0.25, 0.3) is 0 Å². The molecule has 5 nitrogen and oxygen atoms in total. The number of carbonyl (C=O) groups is 2. The van der Waals surface area contributed by atoms with E-state index in [1.807, 2.05) is 41.8 Å². The lowest BCUT2D eigenvalue weighted by Crippen LogP contribution is -2.36. The van der Waals surface area contributed by atoms with Crippen LogP contribution in [0.1, 0.15) is 23.8 Å². The van der Waals surface area contributed by atoms with Crippen molar-refractivity contribution >= 4 is 40.5 Å². The molecular formula is C18H19ClN2O3S. The second-order valence-corrected chi connectivity index (χ2v) is 7.44. The molecule has 1 amide bonds. The Morgan fingerprint density at radius 2 is 2.12 bits per heavy atom. The van der Waals surface area contributed by atoms with E-state index in [1.54, 1.807) is 0 Å². The Bertz CT molecular complexity index is 751. The average Bonchev–Trinajstić information content (AvgIpc) is 3.26. The molecule has 0 bridgehead atoms. The van der Waals surface area contributed by atoms with Crippen LogP contribution in [0.3, 0.4) is 0 Å². The maximum Gasteiger partial charge on any atom is 0.305 e. The van der Waals surface area contributed by atoms with Gasteiger partial charge in [0.2, 0.25) is 5.91 Å². The molecule has 1 aromatic heterocycles. The molecule has 0 saturated carbocycles. The van der Waals surface area contributed by atoms with Crippen molar-refractivity contribution in [3.63, 3.8) is 0 Å². The summed E-state index contributed by atoms with van der Waals surface area (Å²) >= 11 is 7.69. The third-order valence-electron chi connectivity index (χ3n) is 4.33. The van der Waals surface area contributed by atoms with Gasteiger partial charge in [0.1, 0.15) is 0 Å². The predicted octanol–water partition coefficient (Wildman–Crippen LogP) is 3.56. The van der Waals surface area contributed by atoms with E-state index in [1.165, 1.54) is 11.3 Å². The Labute approximate surface area is 155 Å². The number of halogens is 1. The molecule has 1 saturated heterocycles. The van der Waals surface area contributed by atoms with Crippen molar-refractivity contribution in [3.05, 3.63) is 51.7 Å². The summed E-state index contributed by atoms with van der Waals surface area (Å²) in [5.41, 5.74) is 0.930.